The average Bonchev–Trinajstić information content (AvgIpc) is 2.54. The van der Waals surface area contributed by atoms with E-state index in [1.165, 1.54) is 110 Å². The minimum Gasteiger partial charge on any atom is -0.306 e. The summed E-state index contributed by atoms with van der Waals surface area (Å²) < 4.78 is 0. The van der Waals surface area contributed by atoms with Crippen LogP contribution in [-0.2, 0) is 0 Å². The van der Waals surface area contributed by atoms with E-state index in [4.69, 9.17) is 0 Å². The Morgan fingerprint density at radius 3 is 1.09 bits per heavy atom. The van der Waals surface area contributed by atoms with Gasteiger partial charge in [-0.05, 0) is 59.5 Å². The number of unbranched alkanes of at least 4 members (excludes halogenated alkanes) is 10. The molecule has 0 unspecified atom stereocenters. The molecule has 23 heavy (non-hydrogen) atoms. The predicted molar refractivity (Wildman–Crippen MR) is 106 cm³/mol. The number of nitrogens with zero attached hydrogens (tertiary/aromatic N) is 2. The Labute approximate surface area is 148 Å². The van der Waals surface area contributed by atoms with E-state index in [-0.39, 0.29) is 0 Å². The molecule has 0 radical (unpaired) electrons. The molecule has 140 valence electrons. The van der Waals surface area contributed by atoms with Crippen molar-refractivity contribution in [3.8, 4) is 0 Å². The molecule has 0 saturated heterocycles. The maximum atomic E-state index is 2.53. The normalized spacial score (nSPS) is 11.7. The Hall–Kier alpha value is -0.0800. The van der Waals surface area contributed by atoms with Gasteiger partial charge in [-0.2, -0.15) is 0 Å². The van der Waals surface area contributed by atoms with Crippen LogP contribution in [0.3, 0.4) is 0 Å². The van der Waals surface area contributed by atoms with Crippen LogP contribution >= 0.6 is 0 Å². The molecule has 0 atom stereocenters. The smallest absolute Gasteiger partial charge is 0.000960 e. The van der Waals surface area contributed by atoms with Gasteiger partial charge in [-0.3, -0.25) is 0 Å². The summed E-state index contributed by atoms with van der Waals surface area (Å²) in [6.45, 7) is 9.67. The van der Waals surface area contributed by atoms with Crippen molar-refractivity contribution in [2.45, 2.75) is 97.3 Å². The van der Waals surface area contributed by atoms with Crippen molar-refractivity contribution in [3.05, 3.63) is 0 Å². The Bertz CT molecular complexity index is 196. The fourth-order valence-electron chi connectivity index (χ4n) is 3.16. The van der Waals surface area contributed by atoms with Gasteiger partial charge in [0.15, 0.2) is 0 Å². The van der Waals surface area contributed by atoms with Crippen LogP contribution in [0.2, 0.25) is 0 Å². The molecule has 0 spiro atoms. The van der Waals surface area contributed by atoms with Crippen molar-refractivity contribution >= 4 is 0 Å². The van der Waals surface area contributed by atoms with E-state index in [9.17, 15) is 0 Å². The molecule has 0 aliphatic heterocycles. The lowest BCUT2D eigenvalue weighted by Gasteiger charge is -2.20. The largest absolute Gasteiger partial charge is 0.306 e. The highest BCUT2D eigenvalue weighted by atomic mass is 15.1. The van der Waals surface area contributed by atoms with Crippen LogP contribution in [0, 0.1) is 0 Å². The van der Waals surface area contributed by atoms with Crippen LogP contribution in [0.25, 0.3) is 0 Å². The van der Waals surface area contributed by atoms with E-state index in [1.807, 2.05) is 0 Å². The van der Waals surface area contributed by atoms with E-state index in [1.54, 1.807) is 0 Å². The van der Waals surface area contributed by atoms with Gasteiger partial charge in [0, 0.05) is 0 Å². The SMILES string of the molecule is CCCCCCCCN(C)CCCN(C)CCCCCCCC. The quantitative estimate of drug-likeness (QED) is 0.287. The maximum Gasteiger partial charge on any atom is -0.000960 e. The summed E-state index contributed by atoms with van der Waals surface area (Å²) in [7, 11) is 4.58. The van der Waals surface area contributed by atoms with Crippen LogP contribution in [0.15, 0.2) is 0 Å². The summed E-state index contributed by atoms with van der Waals surface area (Å²) in [5, 5.41) is 0. The zero-order chi connectivity index (χ0) is 17.2. The van der Waals surface area contributed by atoms with Gasteiger partial charge >= 0.3 is 0 Å². The minimum absolute atomic E-state index is 1.26. The van der Waals surface area contributed by atoms with Gasteiger partial charge in [0.1, 0.15) is 0 Å². The molecule has 0 aliphatic rings. The topological polar surface area (TPSA) is 6.48 Å². The molecule has 0 aromatic heterocycles. The third kappa shape index (κ3) is 18.1. The van der Waals surface area contributed by atoms with Crippen molar-refractivity contribution in [2.75, 3.05) is 40.3 Å². The van der Waals surface area contributed by atoms with E-state index >= 15 is 0 Å². The molecule has 0 bridgehead atoms. The molecular weight excluding hydrogens is 280 g/mol. The summed E-state index contributed by atoms with van der Waals surface area (Å²) in [6.07, 6.45) is 18.2. The summed E-state index contributed by atoms with van der Waals surface area (Å²) in [6, 6.07) is 0. The number of rotatable bonds is 18. The van der Waals surface area contributed by atoms with Crippen molar-refractivity contribution in [1.82, 2.24) is 9.80 Å². The molecule has 0 aliphatic carbocycles. The van der Waals surface area contributed by atoms with Gasteiger partial charge in [0.05, 0.1) is 0 Å². The second-order valence-electron chi connectivity index (χ2n) is 7.50. The first kappa shape index (κ1) is 22.9. The molecule has 0 aromatic rings. The first-order valence-corrected chi connectivity index (χ1v) is 10.6. The molecule has 0 aromatic carbocycles. The fraction of sp³-hybridized carbons (Fsp3) is 1.00. The minimum atomic E-state index is 1.26. The molecule has 0 fully saturated rings. The van der Waals surface area contributed by atoms with Gasteiger partial charge in [0.25, 0.3) is 0 Å². The molecular formula is C21H46N2. The van der Waals surface area contributed by atoms with Crippen LogP contribution < -0.4 is 0 Å². The lowest BCUT2D eigenvalue weighted by molar-refractivity contribution is 0.271. The van der Waals surface area contributed by atoms with Crippen LogP contribution in [0.1, 0.15) is 97.3 Å². The monoisotopic (exact) mass is 326 g/mol. The Kier molecular flexibility index (Phi) is 18.2. The van der Waals surface area contributed by atoms with Crippen molar-refractivity contribution < 1.29 is 0 Å². The molecule has 0 amide bonds. The third-order valence-corrected chi connectivity index (χ3v) is 4.87. The Balaban J connectivity index is 3.30. The molecule has 2 nitrogen and oxygen atoms in total. The number of hydrogen-bond acceptors (Lipinski definition) is 2. The highest BCUT2D eigenvalue weighted by molar-refractivity contribution is 4.57. The highest BCUT2D eigenvalue weighted by Gasteiger charge is 2.01. The highest BCUT2D eigenvalue weighted by Crippen LogP contribution is 2.07. The molecule has 0 N–H and O–H groups in total. The predicted octanol–water partition coefficient (Wildman–Crippen LogP) is 5.96. The van der Waals surface area contributed by atoms with Gasteiger partial charge in [0.2, 0.25) is 0 Å². The van der Waals surface area contributed by atoms with E-state index in [2.05, 4.69) is 37.7 Å². The zero-order valence-corrected chi connectivity index (χ0v) is 16.9. The molecule has 2 heteroatoms. The fourth-order valence-corrected chi connectivity index (χ4v) is 3.16. The van der Waals surface area contributed by atoms with Crippen LogP contribution in [0.4, 0.5) is 0 Å². The maximum absolute atomic E-state index is 2.53. The number of hydrogen-bond donors (Lipinski definition) is 0. The van der Waals surface area contributed by atoms with Crippen molar-refractivity contribution in [2.24, 2.45) is 0 Å². The van der Waals surface area contributed by atoms with E-state index < -0.39 is 0 Å². The summed E-state index contributed by atoms with van der Waals surface area (Å²) in [4.78, 5) is 5.05. The molecule has 0 saturated carbocycles. The molecule has 0 rings (SSSR count). The van der Waals surface area contributed by atoms with Crippen LogP contribution in [-0.4, -0.2) is 50.1 Å². The second-order valence-corrected chi connectivity index (χ2v) is 7.50. The zero-order valence-electron chi connectivity index (χ0n) is 16.9. The summed E-state index contributed by atoms with van der Waals surface area (Å²) in [5.41, 5.74) is 0. The summed E-state index contributed by atoms with van der Waals surface area (Å²) in [5.74, 6) is 0. The molecule has 0 heterocycles. The van der Waals surface area contributed by atoms with Gasteiger partial charge in [-0.1, -0.05) is 78.1 Å². The van der Waals surface area contributed by atoms with Crippen LogP contribution in [0.5, 0.6) is 0 Å². The van der Waals surface area contributed by atoms with Gasteiger partial charge in [-0.15, -0.1) is 0 Å². The Morgan fingerprint density at radius 2 is 0.696 bits per heavy atom. The first-order chi connectivity index (χ1) is 11.2. The van der Waals surface area contributed by atoms with Gasteiger partial charge < -0.3 is 9.80 Å². The summed E-state index contributed by atoms with van der Waals surface area (Å²) >= 11 is 0. The Morgan fingerprint density at radius 1 is 0.391 bits per heavy atom. The van der Waals surface area contributed by atoms with Crippen molar-refractivity contribution in [1.29, 1.82) is 0 Å². The lowest BCUT2D eigenvalue weighted by Crippen LogP contribution is -2.27. The average molecular weight is 327 g/mol. The van der Waals surface area contributed by atoms with E-state index in [0.717, 1.165) is 0 Å². The standard InChI is InChI=1S/C21H46N2/c1-5-7-9-11-13-15-18-22(3)20-17-21-23(4)19-16-14-12-10-8-6-2/h5-21H2,1-4H3. The first-order valence-electron chi connectivity index (χ1n) is 10.6. The van der Waals surface area contributed by atoms with E-state index in [0.29, 0.717) is 0 Å². The third-order valence-electron chi connectivity index (χ3n) is 4.87. The van der Waals surface area contributed by atoms with Gasteiger partial charge in [-0.25, -0.2) is 0 Å². The lowest BCUT2D eigenvalue weighted by atomic mass is 10.1. The van der Waals surface area contributed by atoms with Crippen molar-refractivity contribution in [3.63, 3.8) is 0 Å². The second kappa shape index (κ2) is 18.3.